The maximum Gasteiger partial charge on any atom is 2.00 e. The zero-order valence-electron chi connectivity index (χ0n) is 6.06. The van der Waals surface area contributed by atoms with Crippen LogP contribution in [0.5, 0.6) is 0 Å². The Bertz CT molecular complexity index is 108. The Morgan fingerprint density at radius 1 is 1.10 bits per heavy atom. The number of carbonyl (C=O) groups is 1. The predicted octanol–water partition coefficient (Wildman–Crippen LogP) is -4.45. The largest absolute Gasteiger partial charge is 2.00 e. The first-order chi connectivity index (χ1) is 3.13. The number of rotatable bonds is 1. The summed E-state index contributed by atoms with van der Waals surface area (Å²) in [5.41, 5.74) is 1.06. The molecule has 0 aliphatic rings. The minimum Gasteiger partial charge on any atom is -1.00 e. The second-order valence-corrected chi connectivity index (χ2v) is 1.83. The van der Waals surface area contributed by atoms with Gasteiger partial charge in [0.25, 0.3) is 0 Å². The van der Waals surface area contributed by atoms with Gasteiger partial charge in [-0.15, -0.1) is 0 Å². The molecular formula is C6H10Cl2OPd. The summed E-state index contributed by atoms with van der Waals surface area (Å²) < 4.78 is 0. The van der Waals surface area contributed by atoms with Gasteiger partial charge in [0, 0.05) is 0 Å². The van der Waals surface area contributed by atoms with Crippen molar-refractivity contribution in [3.63, 3.8) is 0 Å². The van der Waals surface area contributed by atoms with Crippen LogP contribution in [0.2, 0.25) is 0 Å². The molecule has 0 atom stereocenters. The van der Waals surface area contributed by atoms with E-state index in [-0.39, 0.29) is 51.0 Å². The van der Waals surface area contributed by atoms with Crippen LogP contribution in [0.3, 0.4) is 0 Å². The van der Waals surface area contributed by atoms with E-state index in [9.17, 15) is 4.79 Å². The first-order valence-corrected chi connectivity index (χ1v) is 2.28. The van der Waals surface area contributed by atoms with E-state index in [1.165, 1.54) is 0 Å². The van der Waals surface area contributed by atoms with Gasteiger partial charge in [-0.1, -0.05) is 5.57 Å². The van der Waals surface area contributed by atoms with Crippen LogP contribution in [0.1, 0.15) is 20.8 Å². The molecule has 0 aromatic carbocycles. The van der Waals surface area contributed by atoms with Crippen LogP contribution >= 0.6 is 0 Å². The predicted molar refractivity (Wildman–Crippen MR) is 30.1 cm³/mol. The molecule has 0 aromatic heterocycles. The Kier molecular flexibility index (Phi) is 27.7. The van der Waals surface area contributed by atoms with E-state index in [4.69, 9.17) is 0 Å². The molecular weight excluding hydrogens is 265 g/mol. The van der Waals surface area contributed by atoms with E-state index < -0.39 is 0 Å². The van der Waals surface area contributed by atoms with Crippen LogP contribution in [0.25, 0.3) is 0 Å². The van der Waals surface area contributed by atoms with Gasteiger partial charge in [0.05, 0.1) is 0 Å². The van der Waals surface area contributed by atoms with Gasteiger partial charge >= 0.3 is 20.4 Å². The quantitative estimate of drug-likeness (QED) is 0.349. The third-order valence-corrected chi connectivity index (χ3v) is 0.492. The van der Waals surface area contributed by atoms with Crippen molar-refractivity contribution in [3.8, 4) is 0 Å². The van der Waals surface area contributed by atoms with E-state index >= 15 is 0 Å². The van der Waals surface area contributed by atoms with Crippen LogP contribution in [0.15, 0.2) is 11.6 Å². The Morgan fingerprint density at radius 3 is 1.40 bits per heavy atom. The summed E-state index contributed by atoms with van der Waals surface area (Å²) in [6.07, 6.45) is 1.61. The van der Waals surface area contributed by atoms with Crippen LogP contribution in [0.4, 0.5) is 0 Å². The number of ketones is 1. The van der Waals surface area contributed by atoms with Crippen molar-refractivity contribution < 1.29 is 50.0 Å². The van der Waals surface area contributed by atoms with E-state index in [1.54, 1.807) is 13.0 Å². The normalized spacial score (nSPS) is 5.50. The number of carbonyl (C=O) groups excluding carboxylic acids is 1. The van der Waals surface area contributed by atoms with Crippen molar-refractivity contribution in [1.29, 1.82) is 0 Å². The first-order valence-electron chi connectivity index (χ1n) is 2.28. The molecule has 64 valence electrons. The maximum atomic E-state index is 10.2. The molecule has 1 nitrogen and oxygen atoms in total. The molecule has 0 saturated carbocycles. The van der Waals surface area contributed by atoms with Gasteiger partial charge in [-0.3, -0.25) is 4.79 Å². The fraction of sp³-hybridized carbons (Fsp3) is 0.500. The summed E-state index contributed by atoms with van der Waals surface area (Å²) in [5, 5.41) is 0. The monoisotopic (exact) mass is 274 g/mol. The minimum atomic E-state index is 0. The number of allylic oxidation sites excluding steroid dienone is 2. The van der Waals surface area contributed by atoms with Crippen LogP contribution in [0, 0.1) is 0 Å². The number of hydrogen-bond acceptors (Lipinski definition) is 1. The van der Waals surface area contributed by atoms with Gasteiger partial charge in [0.1, 0.15) is 0 Å². The van der Waals surface area contributed by atoms with Gasteiger partial charge in [-0.05, 0) is 26.8 Å². The average Bonchev–Trinajstić information content (AvgIpc) is 1.27. The molecule has 0 aromatic rings. The molecule has 0 aliphatic carbocycles. The standard InChI is InChI=1S/C6H10O.2ClH.Pd/c1-5(2)4-6(3)7;;;/h4H,1-3H3;2*1H;/q;;;+2/p-2. The summed E-state index contributed by atoms with van der Waals surface area (Å²) in [5.74, 6) is 0.125. The third kappa shape index (κ3) is 23.4. The molecule has 0 N–H and O–H groups in total. The molecule has 0 heterocycles. The zero-order valence-corrected chi connectivity index (χ0v) is 9.12. The summed E-state index contributed by atoms with van der Waals surface area (Å²) in [6, 6.07) is 0. The smallest absolute Gasteiger partial charge is 1.00 e. The molecule has 4 heteroatoms. The van der Waals surface area contributed by atoms with Gasteiger partial charge in [0.2, 0.25) is 0 Å². The van der Waals surface area contributed by atoms with E-state index in [2.05, 4.69) is 0 Å². The Morgan fingerprint density at radius 2 is 1.40 bits per heavy atom. The average molecular weight is 275 g/mol. The summed E-state index contributed by atoms with van der Waals surface area (Å²) in [7, 11) is 0. The van der Waals surface area contributed by atoms with Crippen LogP contribution < -0.4 is 24.8 Å². The molecule has 0 aliphatic heterocycles. The molecule has 0 saturated heterocycles. The topological polar surface area (TPSA) is 17.1 Å². The molecule has 0 fully saturated rings. The second-order valence-electron chi connectivity index (χ2n) is 1.83. The molecule has 0 rings (SSSR count). The van der Waals surface area contributed by atoms with Crippen molar-refractivity contribution in [3.05, 3.63) is 11.6 Å². The van der Waals surface area contributed by atoms with Gasteiger partial charge in [0.15, 0.2) is 5.78 Å². The van der Waals surface area contributed by atoms with E-state index in [0.29, 0.717) is 0 Å². The summed E-state index contributed by atoms with van der Waals surface area (Å²) >= 11 is 0. The van der Waals surface area contributed by atoms with Crippen molar-refractivity contribution in [2.24, 2.45) is 0 Å². The zero-order chi connectivity index (χ0) is 5.86. The van der Waals surface area contributed by atoms with E-state index in [0.717, 1.165) is 5.57 Å². The molecule has 0 spiro atoms. The Balaban J connectivity index is -0.0000000600. The molecule has 0 bridgehead atoms. The van der Waals surface area contributed by atoms with Gasteiger partial charge in [-0.2, -0.15) is 0 Å². The number of hydrogen-bond donors (Lipinski definition) is 0. The van der Waals surface area contributed by atoms with Crippen molar-refractivity contribution >= 4 is 5.78 Å². The van der Waals surface area contributed by atoms with Gasteiger partial charge < -0.3 is 24.8 Å². The molecule has 0 unspecified atom stereocenters. The fourth-order valence-electron chi connectivity index (χ4n) is 0.407. The maximum absolute atomic E-state index is 10.2. The Labute approximate surface area is 88.1 Å². The molecule has 10 heavy (non-hydrogen) atoms. The summed E-state index contributed by atoms with van der Waals surface area (Å²) in [6.45, 7) is 5.36. The van der Waals surface area contributed by atoms with Crippen LogP contribution in [-0.4, -0.2) is 5.78 Å². The Hall–Kier alpha value is 0.652. The van der Waals surface area contributed by atoms with Crippen molar-refractivity contribution in [2.45, 2.75) is 20.8 Å². The summed E-state index contributed by atoms with van der Waals surface area (Å²) in [4.78, 5) is 10.2. The number of halogens is 2. The third-order valence-electron chi connectivity index (χ3n) is 0.492. The molecule has 0 amide bonds. The fourth-order valence-corrected chi connectivity index (χ4v) is 0.407. The first kappa shape index (κ1) is 22.4. The SMILES string of the molecule is CC(=O)C=C(C)C.[Cl-].[Cl-].[Pd+2]. The molecule has 0 radical (unpaired) electrons. The van der Waals surface area contributed by atoms with Crippen LogP contribution in [-0.2, 0) is 25.2 Å². The minimum absolute atomic E-state index is 0. The van der Waals surface area contributed by atoms with E-state index in [1.807, 2.05) is 13.8 Å². The van der Waals surface area contributed by atoms with Crippen molar-refractivity contribution in [1.82, 2.24) is 0 Å². The second kappa shape index (κ2) is 12.3. The van der Waals surface area contributed by atoms with Gasteiger partial charge in [-0.25, -0.2) is 0 Å². The van der Waals surface area contributed by atoms with Crippen molar-refractivity contribution in [2.75, 3.05) is 0 Å².